The molecule has 1 aromatic carbocycles. The van der Waals surface area contributed by atoms with Gasteiger partial charge in [0.1, 0.15) is 0 Å². The zero-order chi connectivity index (χ0) is 18.6. The Labute approximate surface area is 160 Å². The summed E-state index contributed by atoms with van der Waals surface area (Å²) in [5.74, 6) is 1.89. The van der Waals surface area contributed by atoms with Crippen LogP contribution in [0.3, 0.4) is 0 Å². The first-order valence-electron chi connectivity index (χ1n) is 10.2. The molecular weight excluding hydrogens is 340 g/mol. The molecule has 2 fully saturated rings. The molecule has 6 nitrogen and oxygen atoms in total. The SMILES string of the molecule is CCOC(=O)C1CCN(c2nnc(N3CCCCC3)c3ccccc23)CC1. The minimum absolute atomic E-state index is 0.00745. The van der Waals surface area contributed by atoms with Crippen LogP contribution in [0.5, 0.6) is 0 Å². The van der Waals surface area contributed by atoms with E-state index in [4.69, 9.17) is 4.74 Å². The number of fused-ring (bicyclic) bond motifs is 1. The van der Waals surface area contributed by atoms with E-state index in [-0.39, 0.29) is 11.9 Å². The number of benzene rings is 1. The molecular formula is C21H28N4O2. The average Bonchev–Trinajstić information content (AvgIpc) is 2.74. The van der Waals surface area contributed by atoms with Crippen molar-refractivity contribution in [1.29, 1.82) is 0 Å². The quantitative estimate of drug-likeness (QED) is 0.771. The number of carbonyl (C=O) groups is 1. The molecule has 0 spiro atoms. The number of aromatic nitrogens is 2. The van der Waals surface area contributed by atoms with E-state index in [9.17, 15) is 4.79 Å². The molecule has 0 radical (unpaired) electrons. The molecule has 3 heterocycles. The van der Waals surface area contributed by atoms with Crippen molar-refractivity contribution in [2.75, 3.05) is 42.6 Å². The first-order valence-corrected chi connectivity index (χ1v) is 10.2. The van der Waals surface area contributed by atoms with Crippen LogP contribution in [-0.2, 0) is 9.53 Å². The Morgan fingerprint density at radius 2 is 1.52 bits per heavy atom. The zero-order valence-electron chi connectivity index (χ0n) is 16.1. The molecule has 2 aliphatic rings. The van der Waals surface area contributed by atoms with E-state index in [2.05, 4.69) is 44.3 Å². The number of esters is 1. The van der Waals surface area contributed by atoms with Crippen molar-refractivity contribution in [1.82, 2.24) is 10.2 Å². The highest BCUT2D eigenvalue weighted by molar-refractivity contribution is 5.99. The molecule has 2 saturated heterocycles. The standard InChI is InChI=1S/C21H28N4O2/c1-2-27-21(26)16-10-14-25(15-11-16)20-18-9-5-4-8-17(18)19(22-23-20)24-12-6-3-7-13-24/h4-5,8-9,16H,2-3,6-7,10-15H2,1H3. The van der Waals surface area contributed by atoms with E-state index in [0.29, 0.717) is 6.61 Å². The van der Waals surface area contributed by atoms with Crippen LogP contribution in [0.25, 0.3) is 10.8 Å². The highest BCUT2D eigenvalue weighted by atomic mass is 16.5. The molecule has 0 unspecified atom stereocenters. The second-order valence-corrected chi connectivity index (χ2v) is 7.45. The van der Waals surface area contributed by atoms with Crippen LogP contribution in [0.4, 0.5) is 11.6 Å². The van der Waals surface area contributed by atoms with E-state index >= 15 is 0 Å². The fourth-order valence-corrected chi connectivity index (χ4v) is 4.24. The maximum absolute atomic E-state index is 12.0. The predicted octanol–water partition coefficient (Wildman–Crippen LogP) is 3.40. The highest BCUT2D eigenvalue weighted by Gasteiger charge is 2.28. The monoisotopic (exact) mass is 368 g/mol. The predicted molar refractivity (Wildman–Crippen MR) is 107 cm³/mol. The minimum atomic E-state index is -0.0615. The van der Waals surface area contributed by atoms with Crippen molar-refractivity contribution in [3.05, 3.63) is 24.3 Å². The maximum atomic E-state index is 12.0. The largest absolute Gasteiger partial charge is 0.466 e. The average molecular weight is 368 g/mol. The molecule has 0 aliphatic carbocycles. The van der Waals surface area contributed by atoms with Crippen LogP contribution in [0.1, 0.15) is 39.0 Å². The van der Waals surface area contributed by atoms with Crippen LogP contribution in [-0.4, -0.2) is 49.0 Å². The van der Waals surface area contributed by atoms with Gasteiger partial charge in [-0.25, -0.2) is 0 Å². The topological polar surface area (TPSA) is 58.6 Å². The molecule has 0 N–H and O–H groups in total. The third kappa shape index (κ3) is 3.70. The maximum Gasteiger partial charge on any atom is 0.309 e. The number of carbonyl (C=O) groups excluding carboxylic acids is 1. The summed E-state index contributed by atoms with van der Waals surface area (Å²) in [5, 5.41) is 11.6. The van der Waals surface area contributed by atoms with E-state index in [1.54, 1.807) is 0 Å². The molecule has 2 aliphatic heterocycles. The number of rotatable bonds is 4. The van der Waals surface area contributed by atoms with Crippen molar-refractivity contribution < 1.29 is 9.53 Å². The summed E-state index contributed by atoms with van der Waals surface area (Å²) in [6.45, 7) is 6.05. The summed E-state index contributed by atoms with van der Waals surface area (Å²) < 4.78 is 5.18. The van der Waals surface area contributed by atoms with Gasteiger partial charge in [-0.2, -0.15) is 0 Å². The Balaban J connectivity index is 1.57. The third-order valence-electron chi connectivity index (χ3n) is 5.72. The molecule has 0 amide bonds. The Morgan fingerprint density at radius 1 is 0.963 bits per heavy atom. The van der Waals surface area contributed by atoms with Gasteiger partial charge in [0.25, 0.3) is 0 Å². The van der Waals surface area contributed by atoms with Crippen molar-refractivity contribution in [3.8, 4) is 0 Å². The summed E-state index contributed by atoms with van der Waals surface area (Å²) in [6, 6.07) is 8.44. The number of ether oxygens (including phenoxy) is 1. The van der Waals surface area contributed by atoms with Crippen LogP contribution in [0.2, 0.25) is 0 Å². The fourth-order valence-electron chi connectivity index (χ4n) is 4.24. The van der Waals surface area contributed by atoms with Gasteiger partial charge < -0.3 is 14.5 Å². The van der Waals surface area contributed by atoms with Gasteiger partial charge in [0, 0.05) is 37.0 Å². The summed E-state index contributed by atoms with van der Waals surface area (Å²) in [7, 11) is 0. The van der Waals surface area contributed by atoms with Gasteiger partial charge in [-0.1, -0.05) is 24.3 Å². The van der Waals surface area contributed by atoms with Gasteiger partial charge in [0.15, 0.2) is 11.6 Å². The second kappa shape index (κ2) is 8.11. The van der Waals surface area contributed by atoms with Gasteiger partial charge >= 0.3 is 5.97 Å². The zero-order valence-corrected chi connectivity index (χ0v) is 16.1. The number of hydrogen-bond donors (Lipinski definition) is 0. The first kappa shape index (κ1) is 18.0. The van der Waals surface area contributed by atoms with E-state index in [1.807, 2.05) is 6.92 Å². The normalized spacial score (nSPS) is 18.7. The molecule has 4 rings (SSSR count). The van der Waals surface area contributed by atoms with Gasteiger partial charge in [-0.15, -0.1) is 10.2 Å². The van der Waals surface area contributed by atoms with E-state index < -0.39 is 0 Å². The Hall–Kier alpha value is -2.37. The minimum Gasteiger partial charge on any atom is -0.466 e. The van der Waals surface area contributed by atoms with Crippen LogP contribution in [0.15, 0.2) is 24.3 Å². The molecule has 144 valence electrons. The van der Waals surface area contributed by atoms with E-state index in [1.165, 1.54) is 24.6 Å². The Kier molecular flexibility index (Phi) is 5.41. The van der Waals surface area contributed by atoms with Crippen molar-refractivity contribution >= 4 is 28.4 Å². The summed E-state index contributed by atoms with van der Waals surface area (Å²) in [5.41, 5.74) is 0. The Bertz CT molecular complexity index is 796. The molecule has 2 aromatic rings. The smallest absolute Gasteiger partial charge is 0.309 e. The lowest BCUT2D eigenvalue weighted by atomic mass is 9.96. The first-order chi connectivity index (χ1) is 13.3. The van der Waals surface area contributed by atoms with E-state index in [0.717, 1.165) is 56.0 Å². The molecule has 27 heavy (non-hydrogen) atoms. The van der Waals surface area contributed by atoms with Gasteiger partial charge in [0.2, 0.25) is 0 Å². The van der Waals surface area contributed by atoms with Crippen molar-refractivity contribution in [3.63, 3.8) is 0 Å². The summed E-state index contributed by atoms with van der Waals surface area (Å²) in [4.78, 5) is 16.6. The fraction of sp³-hybridized carbons (Fsp3) is 0.571. The lowest BCUT2D eigenvalue weighted by Crippen LogP contribution is -2.38. The number of piperidine rings is 2. The van der Waals surface area contributed by atoms with Gasteiger partial charge in [0.05, 0.1) is 12.5 Å². The molecule has 0 bridgehead atoms. The van der Waals surface area contributed by atoms with Crippen molar-refractivity contribution in [2.45, 2.75) is 39.0 Å². The molecule has 0 saturated carbocycles. The lowest BCUT2D eigenvalue weighted by molar-refractivity contribution is -0.148. The third-order valence-corrected chi connectivity index (χ3v) is 5.72. The van der Waals surface area contributed by atoms with Gasteiger partial charge in [-0.3, -0.25) is 4.79 Å². The van der Waals surface area contributed by atoms with Gasteiger partial charge in [-0.05, 0) is 39.0 Å². The van der Waals surface area contributed by atoms with Crippen LogP contribution < -0.4 is 9.80 Å². The molecule has 0 atom stereocenters. The summed E-state index contributed by atoms with van der Waals surface area (Å²) in [6.07, 6.45) is 5.36. The number of nitrogens with zero attached hydrogens (tertiary/aromatic N) is 4. The van der Waals surface area contributed by atoms with Crippen molar-refractivity contribution in [2.24, 2.45) is 5.92 Å². The lowest BCUT2D eigenvalue weighted by Gasteiger charge is -2.33. The van der Waals surface area contributed by atoms with Crippen LogP contribution in [0, 0.1) is 5.92 Å². The number of anilines is 2. The molecule has 1 aromatic heterocycles. The summed E-state index contributed by atoms with van der Waals surface area (Å²) >= 11 is 0. The molecule has 6 heteroatoms. The number of hydrogen-bond acceptors (Lipinski definition) is 6. The second-order valence-electron chi connectivity index (χ2n) is 7.45. The Morgan fingerprint density at radius 3 is 2.07 bits per heavy atom. The highest BCUT2D eigenvalue weighted by Crippen LogP contribution is 2.33. The van der Waals surface area contributed by atoms with Crippen LogP contribution >= 0.6 is 0 Å².